The second-order valence-corrected chi connectivity index (χ2v) is 8.34. The van der Waals surface area contributed by atoms with Crippen molar-refractivity contribution in [3.8, 4) is 22.3 Å². The summed E-state index contributed by atoms with van der Waals surface area (Å²) in [5.74, 6) is 0. The molecular formula is C28H18N6. The van der Waals surface area contributed by atoms with Gasteiger partial charge in [0.25, 0.3) is 0 Å². The van der Waals surface area contributed by atoms with E-state index in [0.29, 0.717) is 6.54 Å². The van der Waals surface area contributed by atoms with E-state index in [0.717, 1.165) is 39.2 Å². The maximum Gasteiger partial charge on any atom is 0.0903 e. The molecule has 4 aliphatic heterocycles. The highest BCUT2D eigenvalue weighted by atomic mass is 14.8. The Hall–Kier alpha value is -4.58. The van der Waals surface area contributed by atoms with Crippen LogP contribution in [-0.2, 0) is 13.0 Å². The molecule has 6 heteroatoms. The van der Waals surface area contributed by atoms with Gasteiger partial charge in [-0.05, 0) is 23.8 Å². The second-order valence-electron chi connectivity index (χ2n) is 8.34. The molecule has 0 spiro atoms. The van der Waals surface area contributed by atoms with Crippen molar-refractivity contribution < 1.29 is 0 Å². The minimum atomic E-state index is 0.700. The number of pyridine rings is 2. The van der Waals surface area contributed by atoms with Crippen LogP contribution in [0.25, 0.3) is 34.5 Å². The van der Waals surface area contributed by atoms with Gasteiger partial charge in [0.2, 0.25) is 0 Å². The molecule has 0 bridgehead atoms. The standard InChI is InChI=1S/2C14H9N3/c1-2-4-12-9(3-1)14-10-7-15-6-5-11(10)16-8-13(14)17-12;1-2-4-11-9(3-1)14-10-5-6-15-7-12(10)16-8-13(14)17-11/h1-6,8H,7H2;1-4,6-8H,5H2. The molecule has 0 fully saturated rings. The van der Waals surface area contributed by atoms with Crippen LogP contribution >= 0.6 is 0 Å². The Morgan fingerprint density at radius 1 is 0.676 bits per heavy atom. The van der Waals surface area contributed by atoms with E-state index >= 15 is 0 Å². The van der Waals surface area contributed by atoms with Crippen molar-refractivity contribution in [3.05, 3.63) is 93.5 Å². The molecular weight excluding hydrogens is 420 g/mol. The third-order valence-corrected chi connectivity index (χ3v) is 6.40. The van der Waals surface area contributed by atoms with Crippen molar-refractivity contribution in [2.24, 2.45) is 20.0 Å². The average molecular weight is 438 g/mol. The van der Waals surface area contributed by atoms with Crippen molar-refractivity contribution in [1.82, 2.24) is 9.97 Å². The van der Waals surface area contributed by atoms with E-state index in [-0.39, 0.29) is 0 Å². The van der Waals surface area contributed by atoms with Gasteiger partial charge < -0.3 is 0 Å². The van der Waals surface area contributed by atoms with E-state index in [2.05, 4.69) is 48.1 Å². The highest BCUT2D eigenvalue weighted by Gasteiger charge is 2.19. The molecule has 0 aliphatic carbocycles. The van der Waals surface area contributed by atoms with Crippen LogP contribution in [0.1, 0.15) is 11.1 Å². The topological polar surface area (TPSA) is 75.2 Å². The summed E-state index contributed by atoms with van der Waals surface area (Å²) >= 11 is 0. The van der Waals surface area contributed by atoms with Gasteiger partial charge in [0.15, 0.2) is 0 Å². The first-order valence-electron chi connectivity index (χ1n) is 11.2. The van der Waals surface area contributed by atoms with Gasteiger partial charge >= 0.3 is 0 Å². The summed E-state index contributed by atoms with van der Waals surface area (Å²) in [6.07, 6.45) is 12.0. The predicted octanol–water partition coefficient (Wildman–Crippen LogP) is 2.76. The molecule has 0 saturated heterocycles. The number of aromatic nitrogens is 2. The zero-order valence-electron chi connectivity index (χ0n) is 18.2. The van der Waals surface area contributed by atoms with Gasteiger partial charge in [-0.1, -0.05) is 36.4 Å². The molecule has 0 N–H and O–H groups in total. The normalized spacial score (nSPS) is 14.4. The molecule has 0 radical (unpaired) electrons. The Kier molecular flexibility index (Phi) is 4.17. The summed E-state index contributed by atoms with van der Waals surface area (Å²) < 4.78 is 0. The summed E-state index contributed by atoms with van der Waals surface area (Å²) in [5, 5.41) is 3.94. The fourth-order valence-corrected chi connectivity index (χ4v) is 4.86. The molecule has 0 saturated carbocycles. The minimum Gasteiger partial charge on any atom is -0.288 e. The fraction of sp³-hybridized carbons (Fsp3) is 0.0714. The lowest BCUT2D eigenvalue weighted by Gasteiger charge is -2.07. The first-order chi connectivity index (χ1) is 16.9. The van der Waals surface area contributed by atoms with E-state index < -0.39 is 0 Å². The Labute approximate surface area is 194 Å². The molecule has 34 heavy (non-hydrogen) atoms. The third-order valence-electron chi connectivity index (χ3n) is 6.40. The number of fused-ring (bicyclic) bond motifs is 10. The highest BCUT2D eigenvalue weighted by Crippen LogP contribution is 2.34. The molecule has 4 aliphatic rings. The van der Waals surface area contributed by atoms with Crippen molar-refractivity contribution in [2.45, 2.75) is 13.0 Å². The lowest BCUT2D eigenvalue weighted by molar-refractivity contribution is 1.01. The van der Waals surface area contributed by atoms with E-state index in [1.165, 1.54) is 33.4 Å². The lowest BCUT2D eigenvalue weighted by atomic mass is 9.98. The molecule has 2 aromatic heterocycles. The van der Waals surface area contributed by atoms with Crippen LogP contribution in [0.5, 0.6) is 0 Å². The Balaban J connectivity index is 0.000000118. The summed E-state index contributed by atoms with van der Waals surface area (Å²) in [6.45, 7) is 0.700. The number of hydrogen-bond acceptors (Lipinski definition) is 6. The fourth-order valence-electron chi connectivity index (χ4n) is 4.86. The molecule has 6 nitrogen and oxygen atoms in total. The van der Waals surface area contributed by atoms with Crippen molar-refractivity contribution in [1.29, 1.82) is 0 Å². The third kappa shape index (κ3) is 2.89. The summed E-state index contributed by atoms with van der Waals surface area (Å²) in [4.78, 5) is 26.5. The second kappa shape index (κ2) is 7.49. The molecule has 8 rings (SSSR count). The Morgan fingerprint density at radius 3 is 2.06 bits per heavy atom. The zero-order chi connectivity index (χ0) is 22.5. The first kappa shape index (κ1) is 18.9. The maximum absolute atomic E-state index is 4.60. The van der Waals surface area contributed by atoms with Gasteiger partial charge in [-0.3, -0.25) is 20.0 Å². The van der Waals surface area contributed by atoms with Gasteiger partial charge in [0.05, 0.1) is 57.9 Å². The van der Waals surface area contributed by atoms with Crippen molar-refractivity contribution in [2.75, 3.05) is 0 Å². The predicted molar refractivity (Wildman–Crippen MR) is 134 cm³/mol. The Bertz CT molecular complexity index is 1680. The van der Waals surface area contributed by atoms with E-state index in [1.807, 2.05) is 67.4 Å². The lowest BCUT2D eigenvalue weighted by Crippen LogP contribution is -2.23. The summed E-state index contributed by atoms with van der Waals surface area (Å²) in [5.41, 5.74) is 9.36. The number of aliphatic imine (C=N–C) groups is 2. The highest BCUT2D eigenvalue weighted by molar-refractivity contribution is 5.93. The van der Waals surface area contributed by atoms with Gasteiger partial charge in [-0.25, -0.2) is 9.98 Å². The van der Waals surface area contributed by atoms with Gasteiger partial charge in [-0.2, -0.15) is 0 Å². The molecule has 0 atom stereocenters. The van der Waals surface area contributed by atoms with Crippen LogP contribution in [0.15, 0.2) is 80.9 Å². The van der Waals surface area contributed by atoms with Crippen LogP contribution in [0.3, 0.4) is 0 Å². The smallest absolute Gasteiger partial charge is 0.0903 e. The first-order valence-corrected chi connectivity index (χ1v) is 11.2. The quantitative estimate of drug-likeness (QED) is 0.366. The SMILES string of the molecule is C1=NC=c2ncc3c(c2C1)-c1ccccc1N=3.C1=NCc2c3c(cnc2=C1)=Nc1ccccc1-3. The molecule has 0 amide bonds. The van der Waals surface area contributed by atoms with Crippen LogP contribution in [0, 0.1) is 0 Å². The largest absolute Gasteiger partial charge is 0.288 e. The maximum atomic E-state index is 4.60. The van der Waals surface area contributed by atoms with Crippen molar-refractivity contribution >= 4 is 36.1 Å². The number of nitrogens with zero attached hydrogens (tertiary/aromatic N) is 6. The van der Waals surface area contributed by atoms with E-state index in [9.17, 15) is 0 Å². The van der Waals surface area contributed by atoms with Gasteiger partial charge in [0, 0.05) is 46.7 Å². The van der Waals surface area contributed by atoms with Crippen LogP contribution < -0.4 is 21.4 Å². The number of hydrogen-bond donors (Lipinski definition) is 0. The number of rotatable bonds is 0. The summed E-state index contributed by atoms with van der Waals surface area (Å²) in [7, 11) is 0. The van der Waals surface area contributed by atoms with E-state index in [4.69, 9.17) is 0 Å². The number of benzene rings is 2. The van der Waals surface area contributed by atoms with Gasteiger partial charge in [-0.15, -0.1) is 0 Å². The van der Waals surface area contributed by atoms with Crippen LogP contribution in [0.4, 0.5) is 11.4 Å². The summed E-state index contributed by atoms with van der Waals surface area (Å²) in [6, 6.07) is 16.4. The molecule has 4 aromatic rings. The van der Waals surface area contributed by atoms with Crippen molar-refractivity contribution in [3.63, 3.8) is 0 Å². The Morgan fingerprint density at radius 2 is 1.32 bits per heavy atom. The molecule has 0 unspecified atom stereocenters. The number of para-hydroxylation sites is 2. The van der Waals surface area contributed by atoms with E-state index in [1.54, 1.807) is 0 Å². The van der Waals surface area contributed by atoms with Crippen LogP contribution in [-0.4, -0.2) is 22.4 Å². The molecule has 160 valence electrons. The minimum absolute atomic E-state index is 0.700. The van der Waals surface area contributed by atoms with Crippen LogP contribution in [0.2, 0.25) is 0 Å². The monoisotopic (exact) mass is 438 g/mol. The average Bonchev–Trinajstić information content (AvgIpc) is 3.48. The molecule has 6 heterocycles. The molecule has 2 aromatic carbocycles. The van der Waals surface area contributed by atoms with Gasteiger partial charge in [0.1, 0.15) is 0 Å². The zero-order valence-corrected chi connectivity index (χ0v) is 18.2.